The normalized spacial score (nSPS) is 10.3. The van der Waals surface area contributed by atoms with E-state index in [2.05, 4.69) is 0 Å². The van der Waals surface area contributed by atoms with Crippen LogP contribution in [-0.2, 0) is 11.3 Å². The van der Waals surface area contributed by atoms with Gasteiger partial charge in [-0.3, -0.25) is 4.90 Å². The first-order valence-corrected chi connectivity index (χ1v) is 7.43. The fraction of sp³-hybridized carbons (Fsp3) is 0.235. The maximum Gasteiger partial charge on any atom is 0.414 e. The number of benzene rings is 2. The molecule has 0 aromatic heterocycles. The average molecular weight is 320 g/mol. The zero-order chi connectivity index (χ0) is 15.8. The van der Waals surface area contributed by atoms with Crippen molar-refractivity contribution in [3.05, 3.63) is 65.2 Å². The highest BCUT2D eigenvalue weighted by Gasteiger charge is 2.16. The monoisotopic (exact) mass is 319 g/mol. The van der Waals surface area contributed by atoms with E-state index in [1.165, 1.54) is 4.90 Å². The minimum absolute atomic E-state index is 0.00998. The Hall–Kier alpha value is -2.04. The van der Waals surface area contributed by atoms with E-state index >= 15 is 0 Å². The number of aliphatic hydroxyl groups is 1. The molecular formula is C17H18ClNO3. The van der Waals surface area contributed by atoms with E-state index in [4.69, 9.17) is 21.4 Å². The highest BCUT2D eigenvalue weighted by molar-refractivity contribution is 6.30. The second-order valence-electron chi connectivity index (χ2n) is 4.75. The molecule has 2 aromatic carbocycles. The Morgan fingerprint density at radius 3 is 2.41 bits per heavy atom. The fourth-order valence-corrected chi connectivity index (χ4v) is 2.10. The Labute approximate surface area is 134 Å². The second kappa shape index (κ2) is 8.41. The second-order valence-corrected chi connectivity index (χ2v) is 5.18. The maximum atomic E-state index is 12.3. The van der Waals surface area contributed by atoms with Crippen LogP contribution in [0.15, 0.2) is 54.6 Å². The smallest absolute Gasteiger partial charge is 0.414 e. The van der Waals surface area contributed by atoms with Crippen LogP contribution in [0.2, 0.25) is 5.02 Å². The summed E-state index contributed by atoms with van der Waals surface area (Å²) in [7, 11) is 0. The Morgan fingerprint density at radius 2 is 1.77 bits per heavy atom. The molecule has 22 heavy (non-hydrogen) atoms. The van der Waals surface area contributed by atoms with Gasteiger partial charge in [0.25, 0.3) is 0 Å². The van der Waals surface area contributed by atoms with E-state index in [1.54, 1.807) is 24.3 Å². The largest absolute Gasteiger partial charge is 0.444 e. The van der Waals surface area contributed by atoms with Gasteiger partial charge in [0, 0.05) is 23.9 Å². The molecule has 116 valence electrons. The molecule has 0 unspecified atom stereocenters. The summed E-state index contributed by atoms with van der Waals surface area (Å²) in [5, 5.41) is 9.60. The summed E-state index contributed by atoms with van der Waals surface area (Å²) >= 11 is 5.87. The van der Waals surface area contributed by atoms with E-state index in [9.17, 15) is 4.79 Å². The summed E-state index contributed by atoms with van der Waals surface area (Å²) < 4.78 is 5.34. The van der Waals surface area contributed by atoms with Gasteiger partial charge in [0.05, 0.1) is 0 Å². The lowest BCUT2D eigenvalue weighted by molar-refractivity contribution is 0.146. The molecule has 0 saturated carbocycles. The standard InChI is InChI=1S/C17H18ClNO3/c18-15-7-9-16(10-8-15)19(11-4-12-20)17(21)22-13-14-5-2-1-3-6-14/h1-3,5-10,20H,4,11-13H2. The van der Waals surface area contributed by atoms with E-state index in [-0.39, 0.29) is 13.2 Å². The summed E-state index contributed by atoms with van der Waals surface area (Å²) in [5.41, 5.74) is 1.62. The van der Waals surface area contributed by atoms with Crippen LogP contribution in [0.1, 0.15) is 12.0 Å². The zero-order valence-corrected chi connectivity index (χ0v) is 12.9. The summed E-state index contributed by atoms with van der Waals surface area (Å²) in [4.78, 5) is 13.8. The zero-order valence-electron chi connectivity index (χ0n) is 12.1. The number of aliphatic hydroxyl groups excluding tert-OH is 1. The lowest BCUT2D eigenvalue weighted by atomic mass is 10.2. The van der Waals surface area contributed by atoms with Crippen molar-refractivity contribution < 1.29 is 14.6 Å². The topological polar surface area (TPSA) is 49.8 Å². The first kappa shape index (κ1) is 16.3. The van der Waals surface area contributed by atoms with Crippen LogP contribution in [0.3, 0.4) is 0 Å². The van der Waals surface area contributed by atoms with Crippen molar-refractivity contribution >= 4 is 23.4 Å². The molecule has 0 spiro atoms. The molecule has 0 bridgehead atoms. The van der Waals surface area contributed by atoms with Gasteiger partial charge in [0.15, 0.2) is 0 Å². The number of hydrogen-bond acceptors (Lipinski definition) is 3. The van der Waals surface area contributed by atoms with Gasteiger partial charge >= 0.3 is 6.09 Å². The number of carbonyl (C=O) groups is 1. The fourth-order valence-electron chi connectivity index (χ4n) is 1.97. The van der Waals surface area contributed by atoms with Crippen LogP contribution in [0.4, 0.5) is 10.5 Å². The first-order valence-electron chi connectivity index (χ1n) is 7.05. The molecule has 1 amide bonds. The predicted molar refractivity (Wildman–Crippen MR) is 87.1 cm³/mol. The maximum absolute atomic E-state index is 12.3. The molecule has 0 atom stereocenters. The molecule has 0 radical (unpaired) electrons. The van der Waals surface area contributed by atoms with Gasteiger partial charge in [-0.2, -0.15) is 0 Å². The number of halogens is 1. The van der Waals surface area contributed by atoms with Crippen molar-refractivity contribution in [2.45, 2.75) is 13.0 Å². The molecule has 0 heterocycles. The number of rotatable bonds is 6. The van der Waals surface area contributed by atoms with Crippen molar-refractivity contribution in [2.24, 2.45) is 0 Å². The first-order chi connectivity index (χ1) is 10.7. The number of ether oxygens (including phenoxy) is 1. The molecule has 2 aromatic rings. The summed E-state index contributed by atoms with van der Waals surface area (Å²) in [6.07, 6.45) is 0.0305. The number of carbonyl (C=O) groups excluding carboxylic acids is 1. The van der Waals surface area contributed by atoms with Crippen LogP contribution >= 0.6 is 11.6 Å². The third kappa shape index (κ3) is 4.76. The molecule has 0 aliphatic rings. The quantitative estimate of drug-likeness (QED) is 0.879. The van der Waals surface area contributed by atoms with E-state index < -0.39 is 6.09 Å². The van der Waals surface area contributed by atoms with Gasteiger partial charge < -0.3 is 9.84 Å². The van der Waals surface area contributed by atoms with Gasteiger partial charge in [-0.15, -0.1) is 0 Å². The van der Waals surface area contributed by atoms with Gasteiger partial charge in [0.2, 0.25) is 0 Å². The van der Waals surface area contributed by atoms with Crippen LogP contribution in [-0.4, -0.2) is 24.4 Å². The third-order valence-corrected chi connectivity index (χ3v) is 3.36. The summed E-state index contributed by atoms with van der Waals surface area (Å²) in [6.45, 7) is 0.602. The Balaban J connectivity index is 2.04. The highest BCUT2D eigenvalue weighted by atomic mass is 35.5. The Morgan fingerprint density at radius 1 is 1.09 bits per heavy atom. The minimum atomic E-state index is -0.445. The van der Waals surface area contributed by atoms with E-state index in [0.717, 1.165) is 5.56 Å². The van der Waals surface area contributed by atoms with E-state index in [1.807, 2.05) is 30.3 Å². The van der Waals surface area contributed by atoms with Crippen molar-refractivity contribution in [1.82, 2.24) is 0 Å². The Kier molecular flexibility index (Phi) is 6.25. The molecule has 0 aliphatic heterocycles. The van der Waals surface area contributed by atoms with Gasteiger partial charge in [-0.1, -0.05) is 41.9 Å². The van der Waals surface area contributed by atoms with Crippen LogP contribution in [0, 0.1) is 0 Å². The van der Waals surface area contributed by atoms with Gasteiger partial charge in [0.1, 0.15) is 6.61 Å². The molecule has 1 N–H and O–H groups in total. The molecule has 0 aliphatic carbocycles. The van der Waals surface area contributed by atoms with Crippen LogP contribution in [0.5, 0.6) is 0 Å². The summed E-state index contributed by atoms with van der Waals surface area (Å²) in [6, 6.07) is 16.4. The van der Waals surface area contributed by atoms with Crippen LogP contribution < -0.4 is 4.90 Å². The lowest BCUT2D eigenvalue weighted by Gasteiger charge is -2.22. The lowest BCUT2D eigenvalue weighted by Crippen LogP contribution is -2.32. The highest BCUT2D eigenvalue weighted by Crippen LogP contribution is 2.19. The molecule has 5 heteroatoms. The SMILES string of the molecule is O=C(OCc1ccccc1)N(CCCO)c1ccc(Cl)cc1. The summed E-state index contributed by atoms with van der Waals surface area (Å²) in [5.74, 6) is 0. The van der Waals surface area contributed by atoms with Crippen molar-refractivity contribution in [1.29, 1.82) is 0 Å². The Bertz CT molecular complexity index is 587. The van der Waals surface area contributed by atoms with Crippen molar-refractivity contribution in [2.75, 3.05) is 18.1 Å². The van der Waals surface area contributed by atoms with Gasteiger partial charge in [-0.05, 0) is 36.2 Å². The number of amides is 1. The number of anilines is 1. The van der Waals surface area contributed by atoms with E-state index in [0.29, 0.717) is 23.7 Å². The number of nitrogens with zero attached hydrogens (tertiary/aromatic N) is 1. The molecule has 0 saturated heterocycles. The van der Waals surface area contributed by atoms with Crippen molar-refractivity contribution in [3.8, 4) is 0 Å². The third-order valence-electron chi connectivity index (χ3n) is 3.10. The minimum Gasteiger partial charge on any atom is -0.444 e. The molecule has 2 rings (SSSR count). The predicted octanol–water partition coefficient (Wildman–Crippen LogP) is 3.87. The molecule has 4 nitrogen and oxygen atoms in total. The molecule has 0 fully saturated rings. The number of hydrogen-bond donors (Lipinski definition) is 1. The molecular weight excluding hydrogens is 302 g/mol. The van der Waals surface area contributed by atoms with Crippen molar-refractivity contribution in [3.63, 3.8) is 0 Å². The average Bonchev–Trinajstić information content (AvgIpc) is 2.56. The van der Waals surface area contributed by atoms with Crippen LogP contribution in [0.25, 0.3) is 0 Å². The van der Waals surface area contributed by atoms with Gasteiger partial charge in [-0.25, -0.2) is 4.79 Å².